The number of aryl methyl sites for hydroxylation is 1. The standard InChI is InChI=1S/C14H16F2N4O3S/c1-8-11(20(3)19-12(8)14(2,15)16)13(21)18-9-5-4-6-10(7-9)24(17,22)23/h4-7H,1-3H3,(H,18,21)(H2,17,22,23). The number of benzene rings is 1. The molecule has 1 heterocycles. The number of sulfonamides is 1. The minimum Gasteiger partial charge on any atom is -0.321 e. The number of aromatic nitrogens is 2. The summed E-state index contributed by atoms with van der Waals surface area (Å²) in [5.41, 5.74) is -0.331. The molecule has 0 spiro atoms. The van der Waals surface area contributed by atoms with Crippen LogP contribution in [0.5, 0.6) is 0 Å². The van der Waals surface area contributed by atoms with Crippen molar-refractivity contribution in [2.45, 2.75) is 24.7 Å². The van der Waals surface area contributed by atoms with Gasteiger partial charge in [0.05, 0.1) is 4.90 Å². The summed E-state index contributed by atoms with van der Waals surface area (Å²) in [4.78, 5) is 12.2. The molecule has 1 amide bonds. The van der Waals surface area contributed by atoms with Crippen molar-refractivity contribution in [2.24, 2.45) is 12.2 Å². The molecule has 0 saturated heterocycles. The molecule has 130 valence electrons. The van der Waals surface area contributed by atoms with E-state index >= 15 is 0 Å². The molecule has 0 radical (unpaired) electrons. The van der Waals surface area contributed by atoms with E-state index in [1.165, 1.54) is 38.2 Å². The molecule has 24 heavy (non-hydrogen) atoms. The second kappa shape index (κ2) is 5.95. The van der Waals surface area contributed by atoms with E-state index in [-0.39, 0.29) is 21.8 Å². The zero-order valence-electron chi connectivity index (χ0n) is 13.2. The van der Waals surface area contributed by atoms with Crippen LogP contribution in [-0.2, 0) is 23.0 Å². The molecular weight excluding hydrogens is 342 g/mol. The monoisotopic (exact) mass is 358 g/mol. The first-order chi connectivity index (χ1) is 10.9. The van der Waals surface area contributed by atoms with Gasteiger partial charge in [-0.05, 0) is 25.1 Å². The van der Waals surface area contributed by atoms with Gasteiger partial charge in [0, 0.05) is 25.2 Å². The summed E-state index contributed by atoms with van der Waals surface area (Å²) in [5.74, 6) is -3.88. The summed E-state index contributed by atoms with van der Waals surface area (Å²) < 4.78 is 50.7. The molecule has 2 aromatic rings. The Balaban J connectivity index is 2.37. The third-order valence-corrected chi connectivity index (χ3v) is 4.25. The van der Waals surface area contributed by atoms with Crippen LogP contribution < -0.4 is 10.5 Å². The van der Waals surface area contributed by atoms with Crippen LogP contribution in [0.15, 0.2) is 29.2 Å². The first-order valence-corrected chi connectivity index (χ1v) is 8.32. The highest BCUT2D eigenvalue weighted by Crippen LogP contribution is 2.30. The molecule has 0 atom stereocenters. The summed E-state index contributed by atoms with van der Waals surface area (Å²) in [7, 11) is -2.55. The smallest absolute Gasteiger partial charge is 0.289 e. The highest BCUT2D eigenvalue weighted by molar-refractivity contribution is 7.89. The van der Waals surface area contributed by atoms with Crippen LogP contribution in [-0.4, -0.2) is 24.1 Å². The predicted molar refractivity (Wildman–Crippen MR) is 83.3 cm³/mol. The van der Waals surface area contributed by atoms with Gasteiger partial charge in [0.1, 0.15) is 11.4 Å². The number of primary sulfonamides is 1. The molecule has 0 unspecified atom stereocenters. The SMILES string of the molecule is Cc1c(C(C)(F)F)nn(C)c1C(=O)Nc1cccc(S(N)(=O)=O)c1. The summed E-state index contributed by atoms with van der Waals surface area (Å²) in [6, 6.07) is 5.30. The molecule has 0 fully saturated rings. The van der Waals surface area contributed by atoms with Gasteiger partial charge in [-0.1, -0.05) is 6.07 Å². The Kier molecular flexibility index (Phi) is 4.46. The third kappa shape index (κ3) is 3.60. The normalized spacial score (nSPS) is 12.2. The number of nitrogens with zero attached hydrogens (tertiary/aromatic N) is 2. The van der Waals surface area contributed by atoms with Crippen molar-refractivity contribution in [3.63, 3.8) is 0 Å². The number of nitrogens with two attached hydrogens (primary N) is 1. The Morgan fingerprint density at radius 3 is 2.50 bits per heavy atom. The topological polar surface area (TPSA) is 107 Å². The molecule has 2 rings (SSSR count). The molecule has 7 nitrogen and oxygen atoms in total. The number of anilines is 1. The Labute approximate surface area is 137 Å². The third-order valence-electron chi connectivity index (χ3n) is 3.34. The molecule has 10 heteroatoms. The minimum atomic E-state index is -3.93. The van der Waals surface area contributed by atoms with Gasteiger partial charge in [-0.15, -0.1) is 0 Å². The quantitative estimate of drug-likeness (QED) is 0.868. The number of alkyl halides is 2. The van der Waals surface area contributed by atoms with Gasteiger partial charge in [0.2, 0.25) is 10.0 Å². The van der Waals surface area contributed by atoms with Crippen molar-refractivity contribution in [1.29, 1.82) is 0 Å². The number of nitrogens with one attached hydrogen (secondary N) is 1. The van der Waals surface area contributed by atoms with E-state index in [1.54, 1.807) is 0 Å². The van der Waals surface area contributed by atoms with E-state index in [0.29, 0.717) is 6.92 Å². The van der Waals surface area contributed by atoms with Crippen molar-refractivity contribution in [2.75, 3.05) is 5.32 Å². The minimum absolute atomic E-state index is 0.0464. The number of carbonyl (C=O) groups is 1. The van der Waals surface area contributed by atoms with Crippen LogP contribution in [0.4, 0.5) is 14.5 Å². The lowest BCUT2D eigenvalue weighted by Crippen LogP contribution is -2.18. The van der Waals surface area contributed by atoms with Gasteiger partial charge in [-0.2, -0.15) is 13.9 Å². The maximum atomic E-state index is 13.5. The molecule has 0 aliphatic carbocycles. The Bertz CT molecular complexity index is 901. The summed E-state index contributed by atoms with van der Waals surface area (Å²) in [6.07, 6.45) is 0. The molecule has 0 bridgehead atoms. The zero-order chi connectivity index (χ0) is 18.3. The molecular formula is C14H16F2N4O3S. The van der Waals surface area contributed by atoms with Crippen molar-refractivity contribution in [3.8, 4) is 0 Å². The lowest BCUT2D eigenvalue weighted by Gasteiger charge is -2.09. The Morgan fingerprint density at radius 1 is 1.38 bits per heavy atom. The fraction of sp³-hybridized carbons (Fsp3) is 0.286. The molecule has 0 aliphatic rings. The largest absolute Gasteiger partial charge is 0.321 e. The van der Waals surface area contributed by atoms with Gasteiger partial charge >= 0.3 is 0 Å². The maximum absolute atomic E-state index is 13.5. The van der Waals surface area contributed by atoms with E-state index in [4.69, 9.17) is 5.14 Å². The van der Waals surface area contributed by atoms with Crippen LogP contribution in [0.2, 0.25) is 0 Å². The Hall–Kier alpha value is -2.33. The first kappa shape index (κ1) is 18.0. The van der Waals surface area contributed by atoms with E-state index in [0.717, 1.165) is 4.68 Å². The van der Waals surface area contributed by atoms with E-state index in [1.807, 2.05) is 0 Å². The zero-order valence-corrected chi connectivity index (χ0v) is 14.0. The van der Waals surface area contributed by atoms with Crippen LogP contribution in [0.3, 0.4) is 0 Å². The van der Waals surface area contributed by atoms with Gasteiger partial charge in [-0.3, -0.25) is 9.48 Å². The maximum Gasteiger partial charge on any atom is 0.289 e. The second-order valence-corrected chi connectivity index (χ2v) is 6.92. The molecule has 3 N–H and O–H groups in total. The van der Waals surface area contributed by atoms with Crippen molar-refractivity contribution in [1.82, 2.24) is 9.78 Å². The highest BCUT2D eigenvalue weighted by atomic mass is 32.2. The van der Waals surface area contributed by atoms with E-state index in [2.05, 4.69) is 10.4 Å². The fourth-order valence-corrected chi connectivity index (χ4v) is 2.86. The van der Waals surface area contributed by atoms with Crippen molar-refractivity contribution in [3.05, 3.63) is 41.2 Å². The molecule has 1 aromatic heterocycles. The number of rotatable bonds is 4. The number of hydrogen-bond acceptors (Lipinski definition) is 4. The lowest BCUT2D eigenvalue weighted by molar-refractivity contribution is 0.0116. The van der Waals surface area contributed by atoms with Gasteiger partial charge < -0.3 is 5.32 Å². The van der Waals surface area contributed by atoms with E-state index in [9.17, 15) is 22.0 Å². The van der Waals surface area contributed by atoms with Gasteiger partial charge in [-0.25, -0.2) is 13.6 Å². The average molecular weight is 358 g/mol. The van der Waals surface area contributed by atoms with Crippen LogP contribution in [0.1, 0.15) is 28.7 Å². The summed E-state index contributed by atoms with van der Waals surface area (Å²) in [5, 5.41) is 11.2. The summed E-state index contributed by atoms with van der Waals surface area (Å²) >= 11 is 0. The van der Waals surface area contributed by atoms with E-state index < -0.39 is 27.5 Å². The summed E-state index contributed by atoms with van der Waals surface area (Å²) in [6.45, 7) is 2.06. The fourth-order valence-electron chi connectivity index (χ4n) is 2.31. The van der Waals surface area contributed by atoms with Gasteiger partial charge in [0.25, 0.3) is 11.8 Å². The van der Waals surface area contributed by atoms with Crippen LogP contribution >= 0.6 is 0 Å². The number of carbonyl (C=O) groups excluding carboxylic acids is 1. The van der Waals surface area contributed by atoms with Crippen molar-refractivity contribution >= 4 is 21.6 Å². The number of hydrogen-bond donors (Lipinski definition) is 2. The molecule has 1 aromatic carbocycles. The first-order valence-electron chi connectivity index (χ1n) is 6.77. The van der Waals surface area contributed by atoms with Crippen LogP contribution in [0, 0.1) is 6.92 Å². The molecule has 0 saturated carbocycles. The predicted octanol–water partition coefficient (Wildman–Crippen LogP) is 1.74. The Morgan fingerprint density at radius 2 is 2.00 bits per heavy atom. The van der Waals surface area contributed by atoms with Gasteiger partial charge in [0.15, 0.2) is 0 Å². The number of halogens is 2. The average Bonchev–Trinajstić information content (AvgIpc) is 2.73. The number of amides is 1. The molecule has 0 aliphatic heterocycles. The lowest BCUT2D eigenvalue weighted by atomic mass is 10.1. The van der Waals surface area contributed by atoms with Crippen LogP contribution in [0.25, 0.3) is 0 Å². The highest BCUT2D eigenvalue weighted by Gasteiger charge is 2.33. The second-order valence-electron chi connectivity index (χ2n) is 5.36. The van der Waals surface area contributed by atoms with Crippen molar-refractivity contribution < 1.29 is 22.0 Å².